The highest BCUT2D eigenvalue weighted by Crippen LogP contribution is 2.33. The number of aromatic nitrogens is 1. The van der Waals surface area contributed by atoms with E-state index in [4.69, 9.17) is 9.72 Å². The van der Waals surface area contributed by atoms with Gasteiger partial charge in [-0.05, 0) is 29.7 Å². The van der Waals surface area contributed by atoms with Gasteiger partial charge in [0.25, 0.3) is 0 Å². The molecule has 0 saturated carbocycles. The quantitative estimate of drug-likeness (QED) is 0.710. The van der Waals surface area contributed by atoms with Gasteiger partial charge in [-0.1, -0.05) is 60.7 Å². The van der Waals surface area contributed by atoms with Crippen LogP contribution in [0.25, 0.3) is 16.5 Å². The first-order valence-electron chi connectivity index (χ1n) is 9.31. The molecule has 0 aliphatic carbocycles. The smallest absolute Gasteiger partial charge is 0.0709 e. The molecule has 0 amide bonds. The van der Waals surface area contributed by atoms with Crippen molar-refractivity contribution >= 4 is 16.5 Å². The second-order valence-corrected chi connectivity index (χ2v) is 7.20. The fourth-order valence-corrected chi connectivity index (χ4v) is 4.14. The number of hydrogen-bond acceptors (Lipinski definition) is 3. The number of ether oxygens (including phenoxy) is 1. The molecule has 1 fully saturated rings. The molecule has 3 nitrogen and oxygen atoms in total. The molecule has 2 unspecified atom stereocenters. The van der Waals surface area contributed by atoms with E-state index in [1.807, 2.05) is 0 Å². The van der Waals surface area contributed by atoms with Crippen molar-refractivity contribution in [2.45, 2.75) is 25.0 Å². The van der Waals surface area contributed by atoms with Crippen LogP contribution < -0.4 is 0 Å². The van der Waals surface area contributed by atoms with Gasteiger partial charge in [0.1, 0.15) is 0 Å². The molecule has 2 aromatic carbocycles. The normalized spacial score (nSPS) is 23.0. The number of para-hydroxylation sites is 1. The van der Waals surface area contributed by atoms with Gasteiger partial charge in [0.05, 0.1) is 30.5 Å². The second-order valence-electron chi connectivity index (χ2n) is 7.20. The average molecular weight is 342 g/mol. The first-order valence-corrected chi connectivity index (χ1v) is 9.31. The molecule has 0 N–H and O–H groups in total. The lowest BCUT2D eigenvalue weighted by Crippen LogP contribution is -2.53. The van der Waals surface area contributed by atoms with Crippen molar-refractivity contribution in [1.29, 1.82) is 0 Å². The number of rotatable bonds is 3. The van der Waals surface area contributed by atoms with E-state index in [1.54, 1.807) is 0 Å². The molecule has 0 spiro atoms. The van der Waals surface area contributed by atoms with Crippen molar-refractivity contribution in [3.63, 3.8) is 0 Å². The fraction of sp³-hybridized carbons (Fsp3) is 0.261. The molecule has 0 radical (unpaired) electrons. The van der Waals surface area contributed by atoms with Crippen LogP contribution in [0.4, 0.5) is 0 Å². The highest BCUT2D eigenvalue weighted by Gasteiger charge is 2.35. The second kappa shape index (κ2) is 6.67. The van der Waals surface area contributed by atoms with E-state index >= 15 is 0 Å². The molecule has 1 aromatic heterocycles. The zero-order valence-electron chi connectivity index (χ0n) is 14.7. The Morgan fingerprint density at radius 1 is 0.923 bits per heavy atom. The largest absolute Gasteiger partial charge is 0.378 e. The van der Waals surface area contributed by atoms with Crippen LogP contribution in [0.3, 0.4) is 0 Å². The van der Waals surface area contributed by atoms with E-state index < -0.39 is 0 Å². The summed E-state index contributed by atoms with van der Waals surface area (Å²) in [6.45, 7) is 2.54. The molecule has 1 saturated heterocycles. The van der Waals surface area contributed by atoms with E-state index in [2.05, 4.69) is 77.7 Å². The summed E-state index contributed by atoms with van der Waals surface area (Å²) in [6, 6.07) is 24.1. The Balaban J connectivity index is 1.46. The van der Waals surface area contributed by atoms with E-state index in [0.717, 1.165) is 37.4 Å². The Labute approximate surface area is 153 Å². The molecule has 2 atom stereocenters. The van der Waals surface area contributed by atoms with Gasteiger partial charge in [-0.25, -0.2) is 4.98 Å². The van der Waals surface area contributed by atoms with Crippen molar-refractivity contribution < 1.29 is 4.74 Å². The monoisotopic (exact) mass is 342 g/mol. The summed E-state index contributed by atoms with van der Waals surface area (Å²) < 4.78 is 5.85. The molecule has 3 heterocycles. The molecule has 130 valence electrons. The predicted octanol–water partition coefficient (Wildman–Crippen LogP) is 4.29. The minimum Gasteiger partial charge on any atom is -0.378 e. The van der Waals surface area contributed by atoms with Crippen LogP contribution in [-0.2, 0) is 11.3 Å². The summed E-state index contributed by atoms with van der Waals surface area (Å²) in [7, 11) is 0. The third kappa shape index (κ3) is 2.94. The molecule has 2 aliphatic heterocycles. The first kappa shape index (κ1) is 15.7. The van der Waals surface area contributed by atoms with E-state index in [1.165, 1.54) is 16.5 Å². The van der Waals surface area contributed by atoms with Crippen LogP contribution in [0.5, 0.6) is 0 Å². The summed E-state index contributed by atoms with van der Waals surface area (Å²) in [6.07, 6.45) is 3.37. The van der Waals surface area contributed by atoms with Gasteiger partial charge in [-0.15, -0.1) is 0 Å². The Morgan fingerprint density at radius 3 is 2.65 bits per heavy atom. The van der Waals surface area contributed by atoms with Crippen molar-refractivity contribution in [2.75, 3.05) is 13.2 Å². The van der Waals surface area contributed by atoms with E-state index in [0.29, 0.717) is 12.1 Å². The van der Waals surface area contributed by atoms with Gasteiger partial charge >= 0.3 is 0 Å². The van der Waals surface area contributed by atoms with Crippen LogP contribution in [0.15, 0.2) is 72.8 Å². The molecular weight excluding hydrogens is 320 g/mol. The predicted molar refractivity (Wildman–Crippen MR) is 105 cm³/mol. The summed E-state index contributed by atoms with van der Waals surface area (Å²) in [5.74, 6) is 0. The minimum atomic E-state index is 0.325. The van der Waals surface area contributed by atoms with Crippen LogP contribution in [0.1, 0.15) is 17.7 Å². The number of hydrogen-bond donors (Lipinski definition) is 0. The Morgan fingerprint density at radius 2 is 1.77 bits per heavy atom. The lowest BCUT2D eigenvalue weighted by Gasteiger charge is -2.44. The maximum atomic E-state index is 5.85. The third-order valence-electron chi connectivity index (χ3n) is 5.48. The van der Waals surface area contributed by atoms with Crippen molar-refractivity contribution in [2.24, 2.45) is 0 Å². The molecule has 2 aliphatic rings. The van der Waals surface area contributed by atoms with Gasteiger partial charge in [0, 0.05) is 18.0 Å². The summed E-state index contributed by atoms with van der Waals surface area (Å²) in [5.41, 5.74) is 4.91. The van der Waals surface area contributed by atoms with Gasteiger partial charge < -0.3 is 4.74 Å². The van der Waals surface area contributed by atoms with E-state index in [9.17, 15) is 0 Å². The molecule has 3 heteroatoms. The summed E-state index contributed by atoms with van der Waals surface area (Å²) >= 11 is 0. The molecule has 2 bridgehead atoms. The first-order chi connectivity index (χ1) is 12.9. The van der Waals surface area contributed by atoms with Crippen LogP contribution in [0, 0.1) is 0 Å². The fourth-order valence-electron chi connectivity index (χ4n) is 4.14. The van der Waals surface area contributed by atoms with Gasteiger partial charge in [-0.2, -0.15) is 0 Å². The standard InChI is InChI=1S/C23H22N2O/c1-2-6-17(7-3-1)14-25-20-12-19(13-21(25)16-26-15-20)23-11-10-18-8-4-5-9-22(18)24-23/h1-12,20-21H,13-16H2. The molecule has 26 heavy (non-hydrogen) atoms. The Kier molecular flexibility index (Phi) is 4.04. The maximum Gasteiger partial charge on any atom is 0.0709 e. The van der Waals surface area contributed by atoms with Crippen LogP contribution in [-0.4, -0.2) is 35.2 Å². The van der Waals surface area contributed by atoms with Crippen molar-refractivity contribution in [3.05, 3.63) is 84.1 Å². The topological polar surface area (TPSA) is 25.4 Å². The number of benzene rings is 2. The van der Waals surface area contributed by atoms with E-state index in [-0.39, 0.29) is 0 Å². The van der Waals surface area contributed by atoms with Gasteiger partial charge in [0.15, 0.2) is 0 Å². The average Bonchev–Trinajstić information content (AvgIpc) is 2.68. The van der Waals surface area contributed by atoms with Crippen molar-refractivity contribution in [1.82, 2.24) is 9.88 Å². The SMILES string of the molecule is C1=C(c2ccc3ccccc3n2)CC2COCC1N2Cc1ccccc1. The highest BCUT2D eigenvalue weighted by atomic mass is 16.5. The van der Waals surface area contributed by atoms with Gasteiger partial charge in [-0.3, -0.25) is 4.90 Å². The highest BCUT2D eigenvalue weighted by molar-refractivity contribution is 5.81. The van der Waals surface area contributed by atoms with Crippen LogP contribution in [0.2, 0.25) is 0 Å². The zero-order chi connectivity index (χ0) is 17.3. The minimum absolute atomic E-state index is 0.325. The molecule has 5 rings (SSSR count). The molecular formula is C23H22N2O. The number of nitrogens with zero attached hydrogens (tertiary/aromatic N) is 2. The third-order valence-corrected chi connectivity index (χ3v) is 5.48. The molecule has 3 aromatic rings. The lowest BCUT2D eigenvalue weighted by molar-refractivity contribution is -0.0403. The van der Waals surface area contributed by atoms with Gasteiger partial charge in [0.2, 0.25) is 0 Å². The summed E-state index contributed by atoms with van der Waals surface area (Å²) in [4.78, 5) is 7.49. The number of pyridine rings is 1. The maximum absolute atomic E-state index is 5.85. The van der Waals surface area contributed by atoms with Crippen LogP contribution >= 0.6 is 0 Å². The summed E-state index contributed by atoms with van der Waals surface area (Å²) in [5, 5.41) is 1.20. The zero-order valence-corrected chi connectivity index (χ0v) is 14.7. The van der Waals surface area contributed by atoms with Crippen molar-refractivity contribution in [3.8, 4) is 0 Å². The Hall–Kier alpha value is -2.49. The number of morpholine rings is 1. The lowest BCUT2D eigenvalue weighted by atomic mass is 9.91. The number of fused-ring (bicyclic) bond motifs is 3. The Bertz CT molecular complexity index is 951.